The van der Waals surface area contributed by atoms with Crippen LogP contribution in [0.2, 0.25) is 5.28 Å². The van der Waals surface area contributed by atoms with E-state index in [2.05, 4.69) is 48.5 Å². The maximum atomic E-state index is 14.7. The van der Waals surface area contributed by atoms with E-state index in [0.29, 0.717) is 32.3 Å². The number of likely N-dealkylation sites (N-methyl/N-ethyl adjacent to an activating group) is 1. The first kappa shape index (κ1) is 21.8. The average Bonchev–Trinajstić information content (AvgIpc) is 3.08. The fourth-order valence-electron chi connectivity index (χ4n) is 3.12. The summed E-state index contributed by atoms with van der Waals surface area (Å²) in [6.07, 6.45) is 0.410. The van der Waals surface area contributed by atoms with E-state index in [4.69, 9.17) is 16.3 Å². The van der Waals surface area contributed by atoms with E-state index < -0.39 is 11.4 Å². The lowest BCUT2D eigenvalue weighted by Crippen LogP contribution is -2.39. The minimum atomic E-state index is -0.543. The second-order valence-electron chi connectivity index (χ2n) is 7.68. The minimum absolute atomic E-state index is 0.00561. The van der Waals surface area contributed by atoms with Crippen molar-refractivity contribution in [2.75, 3.05) is 25.0 Å². The van der Waals surface area contributed by atoms with Gasteiger partial charge in [-0.3, -0.25) is 0 Å². The fraction of sp³-hybridized carbons (Fsp3) is 0.500. The number of hydrogen-bond donors (Lipinski definition) is 0. The molecule has 1 amide bonds. The summed E-state index contributed by atoms with van der Waals surface area (Å²) in [5.41, 5.74) is -0.380. The topological polar surface area (TPSA) is 58.6 Å². The summed E-state index contributed by atoms with van der Waals surface area (Å²) >= 11 is 11.4. The van der Waals surface area contributed by atoms with Gasteiger partial charge in [-0.1, -0.05) is 0 Å². The smallest absolute Gasteiger partial charge is 0.410 e. The molecular formula is C18H20BrClFIN4O2. The number of hydrogen-bond acceptors (Lipinski definition) is 5. The van der Waals surface area contributed by atoms with Gasteiger partial charge < -0.3 is 14.5 Å². The van der Waals surface area contributed by atoms with Crippen molar-refractivity contribution in [3.63, 3.8) is 0 Å². The van der Waals surface area contributed by atoms with E-state index >= 15 is 0 Å². The van der Waals surface area contributed by atoms with Gasteiger partial charge in [0.15, 0.2) is 5.82 Å². The summed E-state index contributed by atoms with van der Waals surface area (Å²) in [6.45, 7) is 6.60. The predicted molar refractivity (Wildman–Crippen MR) is 120 cm³/mol. The molecule has 6 nitrogen and oxygen atoms in total. The van der Waals surface area contributed by atoms with Gasteiger partial charge in [-0.15, -0.1) is 0 Å². The Morgan fingerprint density at radius 3 is 2.79 bits per heavy atom. The molecule has 1 saturated heterocycles. The molecule has 0 spiro atoms. The number of rotatable bonds is 2. The van der Waals surface area contributed by atoms with Crippen LogP contribution in [0.15, 0.2) is 10.5 Å². The summed E-state index contributed by atoms with van der Waals surface area (Å²) < 4.78 is 21.2. The number of amides is 1. The van der Waals surface area contributed by atoms with Crippen molar-refractivity contribution in [2.24, 2.45) is 0 Å². The number of likely N-dealkylation sites (tertiary alicyclic amines) is 1. The highest BCUT2D eigenvalue weighted by molar-refractivity contribution is 14.1. The maximum absolute atomic E-state index is 14.7. The van der Waals surface area contributed by atoms with Crippen molar-refractivity contribution in [3.8, 4) is 0 Å². The van der Waals surface area contributed by atoms with Crippen LogP contribution in [-0.2, 0) is 4.74 Å². The molecule has 0 aliphatic carbocycles. The minimum Gasteiger partial charge on any atom is -0.444 e. The average molecular weight is 586 g/mol. The lowest BCUT2D eigenvalue weighted by Gasteiger charge is -2.28. The molecule has 152 valence electrons. The molecule has 1 fully saturated rings. The predicted octanol–water partition coefficient (Wildman–Crippen LogP) is 5.24. The van der Waals surface area contributed by atoms with Gasteiger partial charge in [0.05, 0.1) is 4.47 Å². The van der Waals surface area contributed by atoms with Gasteiger partial charge in [0.25, 0.3) is 0 Å². The van der Waals surface area contributed by atoms with E-state index in [9.17, 15) is 9.18 Å². The molecule has 0 unspecified atom stereocenters. The third-order valence-corrected chi connectivity index (χ3v) is 7.01. The number of anilines is 1. The summed E-state index contributed by atoms with van der Waals surface area (Å²) in [7, 11) is 1.87. The molecule has 1 aliphatic rings. The Morgan fingerprint density at radius 2 is 2.14 bits per heavy atom. The monoisotopic (exact) mass is 584 g/mol. The van der Waals surface area contributed by atoms with Gasteiger partial charge in [-0.2, -0.15) is 4.98 Å². The molecule has 2 aromatic rings. The zero-order chi connectivity index (χ0) is 20.8. The molecule has 0 saturated carbocycles. The van der Waals surface area contributed by atoms with Crippen molar-refractivity contribution in [3.05, 3.63) is 25.2 Å². The summed E-state index contributed by atoms with van der Waals surface area (Å²) in [4.78, 5) is 24.4. The van der Waals surface area contributed by atoms with Crippen LogP contribution in [-0.4, -0.2) is 52.7 Å². The highest BCUT2D eigenvalue weighted by Gasteiger charge is 2.33. The molecule has 28 heavy (non-hydrogen) atoms. The van der Waals surface area contributed by atoms with Gasteiger partial charge >= 0.3 is 6.09 Å². The molecule has 3 rings (SSSR count). The molecule has 2 heterocycles. The van der Waals surface area contributed by atoms with Crippen molar-refractivity contribution >= 4 is 72.9 Å². The van der Waals surface area contributed by atoms with Crippen LogP contribution in [0.1, 0.15) is 27.2 Å². The summed E-state index contributed by atoms with van der Waals surface area (Å²) in [6, 6.07) is 1.83. The quantitative estimate of drug-likeness (QED) is 0.274. The number of fused-ring (bicyclic) bond motifs is 1. The van der Waals surface area contributed by atoms with E-state index in [-0.39, 0.29) is 22.9 Å². The third kappa shape index (κ3) is 4.46. The fourth-order valence-corrected chi connectivity index (χ4v) is 4.14. The second kappa shape index (κ2) is 8.06. The van der Waals surface area contributed by atoms with Gasteiger partial charge in [0.2, 0.25) is 5.28 Å². The van der Waals surface area contributed by atoms with E-state index in [1.165, 1.54) is 0 Å². The van der Waals surface area contributed by atoms with E-state index in [0.717, 1.165) is 6.42 Å². The normalized spacial score (nSPS) is 17.3. The third-order valence-electron chi connectivity index (χ3n) is 4.48. The van der Waals surface area contributed by atoms with Crippen LogP contribution in [0, 0.1) is 9.39 Å². The van der Waals surface area contributed by atoms with Crippen molar-refractivity contribution in [2.45, 2.75) is 38.8 Å². The molecule has 1 aromatic heterocycles. The Kier molecular flexibility index (Phi) is 6.26. The Bertz CT molecular complexity index is 940. The first-order chi connectivity index (χ1) is 13.0. The molecular weight excluding hydrogens is 565 g/mol. The molecule has 1 aromatic carbocycles. The van der Waals surface area contributed by atoms with Crippen LogP contribution < -0.4 is 4.90 Å². The molecule has 0 bridgehead atoms. The van der Waals surface area contributed by atoms with E-state index in [1.807, 2.05) is 38.8 Å². The summed E-state index contributed by atoms with van der Waals surface area (Å²) in [5.74, 6) is 0.0676. The SMILES string of the molecule is CN(c1nc(Cl)nc2c(F)c(Br)c(I)cc12)[C@@H]1CCN(C(=O)OC(C)(C)C)C1. The first-order valence-electron chi connectivity index (χ1n) is 8.69. The van der Waals surface area contributed by atoms with Gasteiger partial charge in [-0.25, -0.2) is 14.2 Å². The molecule has 1 atom stereocenters. The number of nitrogens with zero attached hydrogens (tertiary/aromatic N) is 4. The number of carbonyl (C=O) groups is 1. The lowest BCUT2D eigenvalue weighted by molar-refractivity contribution is 0.0292. The number of halogens is 4. The number of benzene rings is 1. The van der Waals surface area contributed by atoms with Crippen LogP contribution in [0.3, 0.4) is 0 Å². The van der Waals surface area contributed by atoms with Crippen molar-refractivity contribution < 1.29 is 13.9 Å². The van der Waals surface area contributed by atoms with Crippen LogP contribution in [0.4, 0.5) is 15.0 Å². The molecule has 0 N–H and O–H groups in total. The summed E-state index contributed by atoms with van der Waals surface area (Å²) in [5, 5.41) is 0.552. The first-order valence-corrected chi connectivity index (χ1v) is 10.9. The highest BCUT2D eigenvalue weighted by atomic mass is 127. The number of aromatic nitrogens is 2. The van der Waals surface area contributed by atoms with Crippen LogP contribution >= 0.6 is 50.1 Å². The largest absolute Gasteiger partial charge is 0.444 e. The number of ether oxygens (including phenoxy) is 1. The second-order valence-corrected chi connectivity index (χ2v) is 9.97. The van der Waals surface area contributed by atoms with Crippen LogP contribution in [0.25, 0.3) is 10.9 Å². The van der Waals surface area contributed by atoms with Crippen LogP contribution in [0.5, 0.6) is 0 Å². The standard InChI is InChI=1S/C18H20BrClFIN4O2/c1-18(2,3)28-17(27)26-6-5-9(8-26)25(4)15-10-7-11(22)12(19)13(21)14(10)23-16(20)24-15/h7,9H,5-6,8H2,1-4H3/t9-/m1/s1. The van der Waals surface area contributed by atoms with Crippen molar-refractivity contribution in [1.29, 1.82) is 0 Å². The van der Waals surface area contributed by atoms with Crippen molar-refractivity contribution in [1.82, 2.24) is 14.9 Å². The Morgan fingerprint density at radius 1 is 1.46 bits per heavy atom. The molecule has 1 aliphatic heterocycles. The van der Waals surface area contributed by atoms with Gasteiger partial charge in [0.1, 0.15) is 16.9 Å². The Labute approximate surface area is 190 Å². The Hall–Kier alpha value is -0.940. The molecule has 0 radical (unpaired) electrons. The van der Waals surface area contributed by atoms with Gasteiger partial charge in [-0.05, 0) is 83.4 Å². The highest BCUT2D eigenvalue weighted by Crippen LogP contribution is 2.35. The maximum Gasteiger partial charge on any atom is 0.410 e. The lowest BCUT2D eigenvalue weighted by atomic mass is 10.2. The zero-order valence-corrected chi connectivity index (χ0v) is 20.4. The van der Waals surface area contributed by atoms with E-state index in [1.54, 1.807) is 4.90 Å². The Balaban J connectivity index is 1.90. The van der Waals surface area contributed by atoms with Gasteiger partial charge in [0, 0.05) is 35.1 Å². The number of carbonyl (C=O) groups excluding carboxylic acids is 1. The molecule has 10 heteroatoms. The zero-order valence-electron chi connectivity index (χ0n) is 15.9.